The standard InChI is InChI=1S/C38H54N5O8/c1-21-29-17-26(38(29,3)4)18-30(21)39-43(49)35-33(22(2)45)32(20-44)51-42(35)19-23-10-8-11-28(34(23)50-7)24-14-25(16-27(15-24)40(5)6)36(46)41-13-9-12-31(41)37(47)48/h8,10-11,14-16,21-22,26,29-33,35,39,44-45H,9,12-13,17-20H2,1-7H3,(H,47,48)/q-1/t21-,22-,26+,29-,30-,31-,32-,33+,35+/m0/s1. The number of likely N-dealkylation sites (tertiary alicyclic amines) is 1. The van der Waals surface area contributed by atoms with Crippen molar-refractivity contribution in [1.82, 2.24) is 20.6 Å². The van der Waals surface area contributed by atoms with Crippen LogP contribution in [0.15, 0.2) is 36.4 Å². The maximum Gasteiger partial charge on any atom is 0.326 e. The molecule has 0 aromatic heterocycles. The van der Waals surface area contributed by atoms with E-state index in [0.29, 0.717) is 65.1 Å². The van der Waals surface area contributed by atoms with Crippen molar-refractivity contribution < 1.29 is 34.5 Å². The summed E-state index contributed by atoms with van der Waals surface area (Å²) in [6.45, 7) is 8.55. The summed E-state index contributed by atoms with van der Waals surface area (Å²) in [5.74, 6) is -0.187. The highest BCUT2D eigenvalue weighted by Crippen LogP contribution is 2.61. The molecule has 280 valence electrons. The molecule has 4 N–H and O–H groups in total. The number of rotatable bonds is 12. The van der Waals surface area contributed by atoms with Gasteiger partial charge in [0.2, 0.25) is 0 Å². The van der Waals surface area contributed by atoms with Gasteiger partial charge in [0.25, 0.3) is 5.91 Å². The van der Waals surface area contributed by atoms with Crippen molar-refractivity contribution in [1.29, 1.82) is 0 Å². The lowest BCUT2D eigenvalue weighted by Crippen LogP contribution is -2.64. The fourth-order valence-electron chi connectivity index (χ4n) is 9.30. The largest absolute Gasteiger partial charge is 0.770 e. The van der Waals surface area contributed by atoms with Gasteiger partial charge < -0.3 is 40.2 Å². The minimum absolute atomic E-state index is 0.0194. The number of aliphatic hydroxyl groups is 2. The van der Waals surface area contributed by atoms with Gasteiger partial charge in [-0.25, -0.2) is 4.79 Å². The number of aliphatic carboxylic acids is 1. The van der Waals surface area contributed by atoms with Crippen molar-refractivity contribution in [2.24, 2.45) is 29.1 Å². The molecular weight excluding hydrogens is 654 g/mol. The van der Waals surface area contributed by atoms with Crippen LogP contribution in [0, 0.1) is 34.3 Å². The maximum absolute atomic E-state index is 14.1. The molecule has 1 amide bonds. The minimum atomic E-state index is -1.01. The Morgan fingerprint density at radius 2 is 1.94 bits per heavy atom. The molecule has 51 heavy (non-hydrogen) atoms. The number of fused-ring (bicyclic) bond motifs is 2. The van der Waals surface area contributed by atoms with Gasteiger partial charge in [-0.05, 0) is 79.5 Å². The number of nitrogens with zero attached hydrogens (tertiary/aromatic N) is 4. The number of amides is 1. The molecule has 2 bridgehead atoms. The Kier molecular flexibility index (Phi) is 10.7. The summed E-state index contributed by atoms with van der Waals surface area (Å²) < 4.78 is 6.01. The van der Waals surface area contributed by atoms with Gasteiger partial charge in [0.05, 0.1) is 32.5 Å². The van der Waals surface area contributed by atoms with E-state index in [2.05, 4.69) is 26.2 Å². The smallest absolute Gasteiger partial charge is 0.326 e. The highest BCUT2D eigenvalue weighted by atomic mass is 16.7. The SMILES string of the molecule is COc1c(CN2O[C@@H](CO)[C@@H]([C@H](C)O)[C@H]2N([O-])N[C@H]2C[C@H]3C[C@@H]([C@@H]2C)C3(C)C)cccc1-c1cc(C(=O)N2CCC[C@H]2C(=O)O)cc(N(C)C)c1. The Morgan fingerprint density at radius 3 is 2.55 bits per heavy atom. The number of benzene rings is 2. The number of carbonyl (C=O) groups is 2. The van der Waals surface area contributed by atoms with E-state index in [1.165, 1.54) is 16.4 Å². The number of hydrogen-bond acceptors (Lipinski definition) is 11. The van der Waals surface area contributed by atoms with E-state index in [1.54, 1.807) is 26.2 Å². The molecule has 3 saturated carbocycles. The number of aliphatic hydroxyl groups excluding tert-OH is 2. The van der Waals surface area contributed by atoms with Gasteiger partial charge in [-0.2, -0.15) is 5.06 Å². The molecule has 0 radical (unpaired) electrons. The first-order valence-electron chi connectivity index (χ1n) is 18.1. The molecule has 9 atom stereocenters. The van der Waals surface area contributed by atoms with Crippen LogP contribution in [0.2, 0.25) is 0 Å². The quantitative estimate of drug-likeness (QED) is 0.236. The molecule has 2 heterocycles. The molecule has 2 saturated heterocycles. The molecule has 2 aliphatic heterocycles. The summed E-state index contributed by atoms with van der Waals surface area (Å²) in [5.41, 5.74) is 6.72. The monoisotopic (exact) mass is 708 g/mol. The van der Waals surface area contributed by atoms with Crippen LogP contribution in [0.3, 0.4) is 0 Å². The molecular formula is C38H54N5O8-. The lowest BCUT2D eigenvalue weighted by atomic mass is 9.45. The Labute approximate surface area is 300 Å². The average molecular weight is 709 g/mol. The zero-order chi connectivity index (χ0) is 36.9. The molecule has 13 nitrogen and oxygen atoms in total. The van der Waals surface area contributed by atoms with E-state index in [-0.39, 0.29) is 30.5 Å². The van der Waals surface area contributed by atoms with Crippen molar-refractivity contribution in [2.45, 2.75) is 90.4 Å². The van der Waals surface area contributed by atoms with Crippen LogP contribution in [0.25, 0.3) is 11.1 Å². The van der Waals surface area contributed by atoms with Gasteiger partial charge in [0.15, 0.2) is 0 Å². The number of anilines is 1. The summed E-state index contributed by atoms with van der Waals surface area (Å²) in [7, 11) is 5.30. The summed E-state index contributed by atoms with van der Waals surface area (Å²) in [5, 5.41) is 47.4. The predicted molar refractivity (Wildman–Crippen MR) is 192 cm³/mol. The molecule has 7 rings (SSSR count). The zero-order valence-corrected chi connectivity index (χ0v) is 30.8. The van der Waals surface area contributed by atoms with Crippen LogP contribution >= 0.6 is 0 Å². The zero-order valence-electron chi connectivity index (χ0n) is 30.8. The van der Waals surface area contributed by atoms with E-state index in [4.69, 9.17) is 9.57 Å². The predicted octanol–water partition coefficient (Wildman–Crippen LogP) is 3.92. The molecule has 2 aromatic carbocycles. The fraction of sp³-hybridized carbons (Fsp3) is 0.632. The number of methoxy groups -OCH3 is 1. The van der Waals surface area contributed by atoms with Crippen LogP contribution in [-0.4, -0.2) is 107 Å². The summed E-state index contributed by atoms with van der Waals surface area (Å²) in [6, 6.07) is 10.2. The number of carboxylic acids is 1. The first kappa shape index (κ1) is 37.5. The third-order valence-electron chi connectivity index (χ3n) is 12.4. The molecule has 2 aromatic rings. The number of ether oxygens (including phenoxy) is 1. The van der Waals surface area contributed by atoms with E-state index in [9.17, 15) is 30.1 Å². The van der Waals surface area contributed by atoms with E-state index in [0.717, 1.165) is 17.3 Å². The first-order valence-corrected chi connectivity index (χ1v) is 18.1. The molecule has 3 aliphatic carbocycles. The minimum Gasteiger partial charge on any atom is -0.770 e. The van der Waals surface area contributed by atoms with Gasteiger partial charge in [0, 0.05) is 55.0 Å². The lowest BCUT2D eigenvalue weighted by molar-refractivity contribution is -0.203. The van der Waals surface area contributed by atoms with E-state index in [1.807, 2.05) is 43.3 Å². The number of hydrazine groups is 1. The number of nitrogens with one attached hydrogen (secondary N) is 1. The van der Waals surface area contributed by atoms with Crippen LogP contribution < -0.4 is 15.1 Å². The fourth-order valence-corrected chi connectivity index (χ4v) is 9.30. The highest BCUT2D eigenvalue weighted by molar-refractivity contribution is 5.99. The second-order valence-corrected chi connectivity index (χ2v) is 15.8. The van der Waals surface area contributed by atoms with Crippen molar-refractivity contribution in [3.05, 3.63) is 52.7 Å². The Bertz CT molecular complexity index is 1600. The maximum atomic E-state index is 14.1. The van der Waals surface area contributed by atoms with Crippen molar-refractivity contribution in [3.63, 3.8) is 0 Å². The van der Waals surface area contributed by atoms with Gasteiger partial charge >= 0.3 is 5.97 Å². The molecule has 5 aliphatic rings. The van der Waals surface area contributed by atoms with E-state index < -0.39 is 36.3 Å². The number of hydroxylamine groups is 3. The van der Waals surface area contributed by atoms with Gasteiger partial charge in [-0.15, -0.1) is 0 Å². The Hall–Kier alpha value is -3.30. The van der Waals surface area contributed by atoms with Gasteiger partial charge in [-0.1, -0.05) is 39.0 Å². The van der Waals surface area contributed by atoms with Gasteiger partial charge in [0.1, 0.15) is 17.9 Å². The third-order valence-corrected chi connectivity index (χ3v) is 12.4. The van der Waals surface area contributed by atoms with Crippen LogP contribution in [0.4, 0.5) is 5.69 Å². The van der Waals surface area contributed by atoms with Crippen LogP contribution in [0.1, 0.15) is 69.3 Å². The first-order chi connectivity index (χ1) is 24.2. The Morgan fingerprint density at radius 1 is 1.20 bits per heavy atom. The molecule has 0 spiro atoms. The topological polar surface area (TPSA) is 161 Å². The lowest BCUT2D eigenvalue weighted by Gasteiger charge is -2.63. The highest BCUT2D eigenvalue weighted by Gasteiger charge is 2.56. The molecule has 5 fully saturated rings. The van der Waals surface area contributed by atoms with Crippen molar-refractivity contribution in [2.75, 3.05) is 39.3 Å². The number of hydrogen-bond donors (Lipinski definition) is 4. The van der Waals surface area contributed by atoms with E-state index >= 15 is 0 Å². The summed E-state index contributed by atoms with van der Waals surface area (Å²) >= 11 is 0. The van der Waals surface area contributed by atoms with Gasteiger partial charge in [-0.3, -0.25) is 15.1 Å². The van der Waals surface area contributed by atoms with Crippen molar-refractivity contribution in [3.8, 4) is 16.9 Å². The average Bonchev–Trinajstić information content (AvgIpc) is 3.74. The Balaban J connectivity index is 1.31. The number of para-hydroxylation sites is 1. The second kappa shape index (κ2) is 14.6. The third kappa shape index (κ3) is 6.85. The molecule has 13 heteroatoms. The second-order valence-electron chi connectivity index (χ2n) is 15.8. The number of carboxylic acid groups (broad SMARTS) is 1. The van der Waals surface area contributed by atoms with Crippen LogP contribution in [0.5, 0.6) is 5.75 Å². The van der Waals surface area contributed by atoms with Crippen LogP contribution in [-0.2, 0) is 16.2 Å². The summed E-state index contributed by atoms with van der Waals surface area (Å²) in [6.07, 6.45) is 0.417. The van der Waals surface area contributed by atoms with Crippen molar-refractivity contribution >= 4 is 17.6 Å². The number of carbonyl (C=O) groups excluding carboxylic acids is 1. The summed E-state index contributed by atoms with van der Waals surface area (Å²) in [4.78, 5) is 35.2. The molecule has 0 unspecified atom stereocenters. The normalized spacial score (nSPS) is 30.7.